The first kappa shape index (κ1) is 23.1. The van der Waals surface area contributed by atoms with Gasteiger partial charge in [-0.2, -0.15) is 0 Å². The number of nitrogens with one attached hydrogen (secondary N) is 2. The largest absolute Gasteiger partial charge is 0.481 e. The molecule has 2 unspecified atom stereocenters. The number of carboxylic acid groups (broad SMARTS) is 1. The highest BCUT2D eigenvalue weighted by atomic mass is 16.4. The molecule has 1 aromatic heterocycles. The predicted octanol–water partition coefficient (Wildman–Crippen LogP) is 2.18. The van der Waals surface area contributed by atoms with Gasteiger partial charge in [0.1, 0.15) is 17.5 Å². The molecule has 1 aromatic carbocycles. The molecule has 1 heterocycles. The quantitative estimate of drug-likeness (QED) is 0.580. The van der Waals surface area contributed by atoms with E-state index < -0.39 is 24.0 Å². The molecule has 3 N–H and O–H groups in total. The number of ketones is 1. The van der Waals surface area contributed by atoms with Crippen LogP contribution in [0, 0.1) is 12.8 Å². The number of carbonyl (C=O) groups excluding carboxylic acids is 3. The lowest BCUT2D eigenvalue weighted by molar-refractivity contribution is -0.138. The highest BCUT2D eigenvalue weighted by Crippen LogP contribution is 2.24. The van der Waals surface area contributed by atoms with Crippen LogP contribution in [0.2, 0.25) is 0 Å². The summed E-state index contributed by atoms with van der Waals surface area (Å²) >= 11 is 0. The third-order valence-corrected chi connectivity index (χ3v) is 5.11. The number of aliphatic carboxylic acids is 1. The number of hydrogen-bond acceptors (Lipinski definition) is 4. The molecule has 0 bridgehead atoms. The van der Waals surface area contributed by atoms with Crippen molar-refractivity contribution in [3.05, 3.63) is 35.5 Å². The molecule has 2 rings (SSSR count). The van der Waals surface area contributed by atoms with E-state index >= 15 is 0 Å². The van der Waals surface area contributed by atoms with Crippen LogP contribution in [-0.4, -0.2) is 45.3 Å². The van der Waals surface area contributed by atoms with Crippen molar-refractivity contribution in [3.8, 4) is 0 Å². The number of nitrogens with zero attached hydrogens (tertiary/aromatic N) is 1. The maximum atomic E-state index is 13.1. The van der Waals surface area contributed by atoms with Gasteiger partial charge in [-0.3, -0.25) is 19.2 Å². The van der Waals surface area contributed by atoms with Gasteiger partial charge in [0, 0.05) is 30.4 Å². The van der Waals surface area contributed by atoms with Crippen molar-refractivity contribution < 1.29 is 24.3 Å². The minimum Gasteiger partial charge on any atom is -0.481 e. The average molecular weight is 415 g/mol. The summed E-state index contributed by atoms with van der Waals surface area (Å²) in [6, 6.07) is 5.95. The number of para-hydroxylation sites is 1. The molecule has 8 nitrogen and oxygen atoms in total. The summed E-state index contributed by atoms with van der Waals surface area (Å²) in [4.78, 5) is 48.4. The van der Waals surface area contributed by atoms with Crippen LogP contribution in [0.15, 0.2) is 24.3 Å². The second-order valence-electron chi connectivity index (χ2n) is 7.95. The topological polar surface area (TPSA) is 118 Å². The van der Waals surface area contributed by atoms with E-state index in [9.17, 15) is 19.2 Å². The van der Waals surface area contributed by atoms with Gasteiger partial charge in [-0.15, -0.1) is 0 Å². The Kier molecular flexibility index (Phi) is 7.37. The van der Waals surface area contributed by atoms with Crippen LogP contribution >= 0.6 is 0 Å². The van der Waals surface area contributed by atoms with E-state index in [0.717, 1.165) is 16.5 Å². The number of rotatable bonds is 9. The zero-order chi connectivity index (χ0) is 22.6. The number of carboxylic acids is 1. The molecule has 2 amide bonds. The van der Waals surface area contributed by atoms with Gasteiger partial charge in [0.15, 0.2) is 0 Å². The standard InChI is InChI=1S/C22H29N3O5/c1-12(2)19(21(29)23-15(10-13(3)26)11-18(27)28)24-22(30)20-14(4)16-8-6-7-9-17(16)25(20)5/h6-9,12,15,19H,10-11H2,1-5H3,(H,23,29)(H,24,30)(H,27,28). The second-order valence-corrected chi connectivity index (χ2v) is 7.95. The third kappa shape index (κ3) is 5.25. The summed E-state index contributed by atoms with van der Waals surface area (Å²) in [6.07, 6.45) is -0.453. The first-order valence-electron chi connectivity index (χ1n) is 9.89. The first-order valence-corrected chi connectivity index (χ1v) is 9.89. The molecule has 0 spiro atoms. The van der Waals surface area contributed by atoms with E-state index in [1.807, 2.05) is 31.2 Å². The zero-order valence-electron chi connectivity index (χ0n) is 18.0. The molecule has 8 heteroatoms. The molecule has 2 atom stereocenters. The fraction of sp³-hybridized carbons (Fsp3) is 0.455. The summed E-state index contributed by atoms with van der Waals surface area (Å²) in [5, 5.41) is 15.4. The first-order chi connectivity index (χ1) is 14.0. The van der Waals surface area contributed by atoms with E-state index in [0.29, 0.717) is 5.69 Å². The van der Waals surface area contributed by atoms with Crippen molar-refractivity contribution in [2.24, 2.45) is 13.0 Å². The average Bonchev–Trinajstić information content (AvgIpc) is 2.89. The Bertz CT molecular complexity index is 922. The van der Waals surface area contributed by atoms with E-state index in [4.69, 9.17) is 5.11 Å². The minimum absolute atomic E-state index is 0.0842. The molecular weight excluding hydrogens is 386 g/mol. The van der Waals surface area contributed by atoms with Crippen LogP contribution in [0.1, 0.15) is 49.7 Å². The Balaban J connectivity index is 2.24. The van der Waals surface area contributed by atoms with Crippen molar-refractivity contribution in [2.75, 3.05) is 0 Å². The fourth-order valence-corrected chi connectivity index (χ4v) is 3.67. The Labute approximate surface area is 175 Å². The van der Waals surface area contributed by atoms with Crippen molar-refractivity contribution >= 4 is 34.5 Å². The Morgan fingerprint density at radius 2 is 1.70 bits per heavy atom. The van der Waals surface area contributed by atoms with Crippen LogP contribution in [0.4, 0.5) is 0 Å². The summed E-state index contributed by atoms with van der Waals surface area (Å²) in [7, 11) is 1.80. The van der Waals surface area contributed by atoms with E-state index in [-0.39, 0.29) is 30.4 Å². The van der Waals surface area contributed by atoms with Gasteiger partial charge in [0.2, 0.25) is 5.91 Å². The monoisotopic (exact) mass is 415 g/mol. The van der Waals surface area contributed by atoms with E-state index in [1.54, 1.807) is 25.5 Å². The van der Waals surface area contributed by atoms with Gasteiger partial charge >= 0.3 is 5.97 Å². The molecule has 0 fully saturated rings. The van der Waals surface area contributed by atoms with Gasteiger partial charge in [0.25, 0.3) is 5.91 Å². The van der Waals surface area contributed by atoms with E-state index in [2.05, 4.69) is 10.6 Å². The maximum Gasteiger partial charge on any atom is 0.305 e. The van der Waals surface area contributed by atoms with Crippen molar-refractivity contribution in [3.63, 3.8) is 0 Å². The van der Waals surface area contributed by atoms with Crippen molar-refractivity contribution in [1.29, 1.82) is 0 Å². The molecule has 0 aliphatic rings. The summed E-state index contributed by atoms with van der Waals surface area (Å²) in [5.74, 6) is -2.48. The molecule has 30 heavy (non-hydrogen) atoms. The number of fused-ring (bicyclic) bond motifs is 1. The van der Waals surface area contributed by atoms with Gasteiger partial charge in [-0.25, -0.2) is 0 Å². The van der Waals surface area contributed by atoms with Crippen molar-refractivity contribution in [1.82, 2.24) is 15.2 Å². The molecule has 0 aliphatic heterocycles. The molecule has 162 valence electrons. The van der Waals surface area contributed by atoms with Crippen LogP contribution in [0.5, 0.6) is 0 Å². The number of carbonyl (C=O) groups is 4. The molecule has 0 saturated heterocycles. The van der Waals surface area contributed by atoms with E-state index in [1.165, 1.54) is 6.92 Å². The van der Waals surface area contributed by atoms with Crippen LogP contribution in [-0.2, 0) is 21.4 Å². The molecule has 0 aliphatic carbocycles. The van der Waals surface area contributed by atoms with Gasteiger partial charge < -0.3 is 20.3 Å². The second kappa shape index (κ2) is 9.56. The SMILES string of the molecule is CC(=O)CC(CC(=O)O)NC(=O)C(NC(=O)c1c(C)c2ccccc2n1C)C(C)C. The maximum absolute atomic E-state index is 13.1. The fourth-order valence-electron chi connectivity index (χ4n) is 3.67. The number of hydrogen-bond donors (Lipinski definition) is 3. The van der Waals surface area contributed by atoms with Gasteiger partial charge in [0.05, 0.1) is 6.42 Å². The Morgan fingerprint density at radius 1 is 1.07 bits per heavy atom. The van der Waals surface area contributed by atoms with Crippen LogP contribution in [0.3, 0.4) is 0 Å². The highest BCUT2D eigenvalue weighted by Gasteiger charge is 2.29. The Morgan fingerprint density at radius 3 is 2.23 bits per heavy atom. The van der Waals surface area contributed by atoms with Crippen LogP contribution < -0.4 is 10.6 Å². The summed E-state index contributed by atoms with van der Waals surface area (Å²) in [6.45, 7) is 6.77. The summed E-state index contributed by atoms with van der Waals surface area (Å²) < 4.78 is 1.79. The lowest BCUT2D eigenvalue weighted by Gasteiger charge is -2.25. The Hall–Kier alpha value is -3.16. The lowest BCUT2D eigenvalue weighted by atomic mass is 10.0. The number of benzene rings is 1. The number of aryl methyl sites for hydroxylation is 2. The smallest absolute Gasteiger partial charge is 0.305 e. The van der Waals surface area contributed by atoms with Crippen molar-refractivity contribution in [2.45, 2.75) is 52.6 Å². The minimum atomic E-state index is -1.11. The van der Waals surface area contributed by atoms with Gasteiger partial charge in [-0.05, 0) is 31.4 Å². The molecular formula is C22H29N3O5. The third-order valence-electron chi connectivity index (χ3n) is 5.11. The van der Waals surface area contributed by atoms with Crippen LogP contribution in [0.25, 0.3) is 10.9 Å². The number of aromatic nitrogens is 1. The van der Waals surface area contributed by atoms with Gasteiger partial charge in [-0.1, -0.05) is 32.0 Å². The highest BCUT2D eigenvalue weighted by molar-refractivity contribution is 6.03. The normalized spacial score (nSPS) is 13.1. The predicted molar refractivity (Wildman–Crippen MR) is 113 cm³/mol. The lowest BCUT2D eigenvalue weighted by Crippen LogP contribution is -2.53. The molecule has 0 radical (unpaired) electrons. The molecule has 2 aromatic rings. The number of Topliss-reactive ketones (excluding diaryl/α,β-unsaturated/α-hetero) is 1. The number of amides is 2. The zero-order valence-corrected chi connectivity index (χ0v) is 18.0. The molecule has 0 saturated carbocycles. The summed E-state index contributed by atoms with van der Waals surface area (Å²) in [5.41, 5.74) is 2.18.